The normalized spacial score (nSPS) is 10.4. The van der Waals surface area contributed by atoms with Gasteiger partial charge in [-0.05, 0) is 37.1 Å². The smallest absolute Gasteiger partial charge is 0.221 e. The van der Waals surface area contributed by atoms with Gasteiger partial charge in [0.2, 0.25) is 11.8 Å². The third kappa shape index (κ3) is 11.4. The second-order valence-electron chi connectivity index (χ2n) is 7.94. The van der Waals surface area contributed by atoms with E-state index in [-0.39, 0.29) is 11.8 Å². The molecule has 2 rings (SSSR count). The minimum Gasteiger partial charge on any atom is -0.494 e. The van der Waals surface area contributed by atoms with E-state index in [2.05, 4.69) is 10.6 Å². The van der Waals surface area contributed by atoms with E-state index in [1.165, 1.54) is 52.4 Å². The van der Waals surface area contributed by atoms with Crippen LogP contribution in [0.15, 0.2) is 48.5 Å². The first-order chi connectivity index (χ1) is 15.5. The van der Waals surface area contributed by atoms with E-state index in [9.17, 15) is 9.59 Å². The molecule has 0 unspecified atom stereocenters. The summed E-state index contributed by atoms with van der Waals surface area (Å²) in [5.74, 6) is 1.42. The SMILES string of the molecule is CC(=O)Nc1cccc(OCCCCCCCCCCOc2cccc(NC(C)=O)c2)c1. The zero-order valence-electron chi connectivity index (χ0n) is 19.3. The Balaban J connectivity index is 1.43. The summed E-state index contributed by atoms with van der Waals surface area (Å²) in [5, 5.41) is 5.53. The molecule has 0 heterocycles. The highest BCUT2D eigenvalue weighted by Gasteiger charge is 2.00. The summed E-state index contributed by atoms with van der Waals surface area (Å²) in [6.45, 7) is 4.39. The van der Waals surface area contributed by atoms with Crippen molar-refractivity contribution in [2.45, 2.75) is 65.2 Å². The van der Waals surface area contributed by atoms with Gasteiger partial charge < -0.3 is 20.1 Å². The van der Waals surface area contributed by atoms with E-state index >= 15 is 0 Å². The fraction of sp³-hybridized carbons (Fsp3) is 0.462. The predicted molar refractivity (Wildman–Crippen MR) is 129 cm³/mol. The lowest BCUT2D eigenvalue weighted by Crippen LogP contribution is -2.06. The molecule has 0 aliphatic heterocycles. The van der Waals surface area contributed by atoms with Crippen molar-refractivity contribution in [1.82, 2.24) is 0 Å². The Morgan fingerprint density at radius 1 is 0.625 bits per heavy atom. The van der Waals surface area contributed by atoms with Crippen molar-refractivity contribution in [3.05, 3.63) is 48.5 Å². The van der Waals surface area contributed by atoms with Crippen LogP contribution in [0.25, 0.3) is 0 Å². The molecule has 0 saturated carbocycles. The van der Waals surface area contributed by atoms with Gasteiger partial charge in [-0.1, -0.05) is 50.7 Å². The number of anilines is 2. The van der Waals surface area contributed by atoms with Crippen LogP contribution in [0.2, 0.25) is 0 Å². The summed E-state index contributed by atoms with van der Waals surface area (Å²) in [6, 6.07) is 15.0. The summed E-state index contributed by atoms with van der Waals surface area (Å²) in [6.07, 6.45) is 9.35. The van der Waals surface area contributed by atoms with Gasteiger partial charge in [0.1, 0.15) is 11.5 Å². The highest BCUT2D eigenvalue weighted by atomic mass is 16.5. The summed E-state index contributed by atoms with van der Waals surface area (Å²) in [5.41, 5.74) is 1.53. The molecule has 0 aromatic heterocycles. The topological polar surface area (TPSA) is 76.7 Å². The van der Waals surface area contributed by atoms with Crippen molar-refractivity contribution in [3.63, 3.8) is 0 Å². The summed E-state index contributed by atoms with van der Waals surface area (Å²) >= 11 is 0. The molecule has 6 nitrogen and oxygen atoms in total. The Labute approximate surface area is 191 Å². The quantitative estimate of drug-likeness (QED) is 0.324. The van der Waals surface area contributed by atoms with Crippen LogP contribution in [0, 0.1) is 0 Å². The molecular formula is C26H36N2O4. The van der Waals surface area contributed by atoms with Gasteiger partial charge in [-0.25, -0.2) is 0 Å². The number of amides is 2. The molecule has 2 aromatic rings. The van der Waals surface area contributed by atoms with E-state index in [0.29, 0.717) is 13.2 Å². The van der Waals surface area contributed by atoms with Crippen molar-refractivity contribution in [3.8, 4) is 11.5 Å². The van der Waals surface area contributed by atoms with Crippen molar-refractivity contribution < 1.29 is 19.1 Å². The summed E-state index contributed by atoms with van der Waals surface area (Å²) in [7, 11) is 0. The molecule has 32 heavy (non-hydrogen) atoms. The third-order valence-electron chi connectivity index (χ3n) is 4.88. The maximum Gasteiger partial charge on any atom is 0.221 e. The van der Waals surface area contributed by atoms with E-state index in [1.807, 2.05) is 48.5 Å². The van der Waals surface area contributed by atoms with Crippen molar-refractivity contribution in [2.24, 2.45) is 0 Å². The van der Waals surface area contributed by atoms with Crippen LogP contribution in [-0.4, -0.2) is 25.0 Å². The maximum absolute atomic E-state index is 11.1. The number of nitrogens with one attached hydrogen (secondary N) is 2. The van der Waals surface area contributed by atoms with Gasteiger partial charge in [-0.2, -0.15) is 0 Å². The molecule has 0 radical (unpaired) electrons. The molecular weight excluding hydrogens is 404 g/mol. The minimum absolute atomic E-state index is 0.0804. The maximum atomic E-state index is 11.1. The molecule has 0 spiro atoms. The van der Waals surface area contributed by atoms with Gasteiger partial charge in [0.15, 0.2) is 0 Å². The van der Waals surface area contributed by atoms with Gasteiger partial charge in [0, 0.05) is 37.4 Å². The van der Waals surface area contributed by atoms with Crippen LogP contribution in [0.3, 0.4) is 0 Å². The number of hydrogen-bond donors (Lipinski definition) is 2. The van der Waals surface area contributed by atoms with Gasteiger partial charge in [0.25, 0.3) is 0 Å². The number of rotatable bonds is 15. The number of carbonyl (C=O) groups is 2. The molecule has 0 atom stereocenters. The van der Waals surface area contributed by atoms with E-state index in [0.717, 1.165) is 35.7 Å². The molecule has 0 fully saturated rings. The average Bonchev–Trinajstić information content (AvgIpc) is 2.74. The van der Waals surface area contributed by atoms with Crippen molar-refractivity contribution >= 4 is 23.2 Å². The number of hydrogen-bond acceptors (Lipinski definition) is 4. The molecule has 2 aromatic carbocycles. The Bertz CT molecular complexity index is 769. The second-order valence-corrected chi connectivity index (χ2v) is 7.94. The monoisotopic (exact) mass is 440 g/mol. The Morgan fingerprint density at radius 2 is 1.00 bits per heavy atom. The first-order valence-corrected chi connectivity index (χ1v) is 11.5. The molecule has 2 N–H and O–H groups in total. The molecule has 0 bridgehead atoms. The minimum atomic E-state index is -0.0804. The average molecular weight is 441 g/mol. The standard InChI is InChI=1S/C26H36N2O4/c1-21(29)27-23-13-11-15-25(19-23)31-17-9-7-5-3-4-6-8-10-18-32-26-16-12-14-24(20-26)28-22(2)30/h11-16,19-20H,3-10,17-18H2,1-2H3,(H,27,29)(H,28,30). The second kappa shape index (κ2) is 14.9. The zero-order valence-corrected chi connectivity index (χ0v) is 19.3. The van der Waals surface area contributed by atoms with Gasteiger partial charge in [0.05, 0.1) is 13.2 Å². The van der Waals surface area contributed by atoms with Crippen LogP contribution in [0.5, 0.6) is 11.5 Å². The van der Waals surface area contributed by atoms with E-state index in [4.69, 9.17) is 9.47 Å². The molecule has 0 saturated heterocycles. The van der Waals surface area contributed by atoms with Crippen LogP contribution in [0.1, 0.15) is 65.2 Å². The van der Waals surface area contributed by atoms with Crippen LogP contribution >= 0.6 is 0 Å². The highest BCUT2D eigenvalue weighted by Crippen LogP contribution is 2.19. The lowest BCUT2D eigenvalue weighted by molar-refractivity contribution is -0.115. The van der Waals surface area contributed by atoms with Crippen LogP contribution in [0.4, 0.5) is 11.4 Å². The third-order valence-corrected chi connectivity index (χ3v) is 4.88. The Kier molecular flexibility index (Phi) is 11.7. The zero-order chi connectivity index (χ0) is 23.0. The van der Waals surface area contributed by atoms with Crippen LogP contribution < -0.4 is 20.1 Å². The van der Waals surface area contributed by atoms with Gasteiger partial charge in [-0.3, -0.25) is 9.59 Å². The molecule has 174 valence electrons. The summed E-state index contributed by atoms with van der Waals surface area (Å²) in [4.78, 5) is 22.2. The Hall–Kier alpha value is -3.02. The predicted octanol–water partition coefficient (Wildman–Crippen LogP) is 6.18. The lowest BCUT2D eigenvalue weighted by atomic mass is 10.1. The lowest BCUT2D eigenvalue weighted by Gasteiger charge is -2.09. The number of unbranched alkanes of at least 4 members (excludes halogenated alkanes) is 7. The molecule has 6 heteroatoms. The fourth-order valence-electron chi connectivity index (χ4n) is 3.38. The first-order valence-electron chi connectivity index (χ1n) is 11.5. The first kappa shape index (κ1) is 25.2. The number of carbonyl (C=O) groups excluding carboxylic acids is 2. The summed E-state index contributed by atoms with van der Waals surface area (Å²) < 4.78 is 11.6. The largest absolute Gasteiger partial charge is 0.494 e. The van der Waals surface area contributed by atoms with Crippen LogP contribution in [-0.2, 0) is 9.59 Å². The van der Waals surface area contributed by atoms with E-state index in [1.54, 1.807) is 0 Å². The van der Waals surface area contributed by atoms with Crippen molar-refractivity contribution in [2.75, 3.05) is 23.8 Å². The number of ether oxygens (including phenoxy) is 2. The molecule has 2 amide bonds. The number of benzene rings is 2. The molecule has 0 aliphatic rings. The van der Waals surface area contributed by atoms with E-state index < -0.39 is 0 Å². The van der Waals surface area contributed by atoms with Gasteiger partial charge >= 0.3 is 0 Å². The Morgan fingerprint density at radius 3 is 1.38 bits per heavy atom. The van der Waals surface area contributed by atoms with Gasteiger partial charge in [-0.15, -0.1) is 0 Å². The van der Waals surface area contributed by atoms with Crippen molar-refractivity contribution in [1.29, 1.82) is 0 Å². The fourth-order valence-corrected chi connectivity index (χ4v) is 3.38. The highest BCUT2D eigenvalue weighted by molar-refractivity contribution is 5.89. The molecule has 0 aliphatic carbocycles.